The maximum Gasteiger partial charge on any atom is 0.126 e. The van der Waals surface area contributed by atoms with Crippen molar-refractivity contribution < 1.29 is 4.39 Å². The van der Waals surface area contributed by atoms with Crippen molar-refractivity contribution in [1.82, 2.24) is 5.32 Å². The first-order valence-corrected chi connectivity index (χ1v) is 4.09. The lowest BCUT2D eigenvalue weighted by molar-refractivity contribution is 0.597. The quantitative estimate of drug-likeness (QED) is 0.713. The smallest absolute Gasteiger partial charge is 0.126 e. The number of hydrogen-bond donors (Lipinski definition) is 1. The van der Waals surface area contributed by atoms with Crippen LogP contribution in [0.4, 0.5) is 4.39 Å². The number of nitrogens with one attached hydrogen (secondary N) is 1. The summed E-state index contributed by atoms with van der Waals surface area (Å²) in [6, 6.07) is 5.38. The van der Waals surface area contributed by atoms with Gasteiger partial charge in [-0.1, -0.05) is 12.1 Å². The summed E-state index contributed by atoms with van der Waals surface area (Å²) in [5, 5.41) is 3.08. The summed E-state index contributed by atoms with van der Waals surface area (Å²) in [7, 11) is 1.87. The molecule has 0 aliphatic rings. The molecular formula is C10H14FN. The SMILES string of the molecule is CN[C@@H](C)c1cccc(F)c1C. The fraction of sp³-hybridized carbons (Fsp3) is 0.400. The molecule has 0 aliphatic carbocycles. The number of hydrogen-bond acceptors (Lipinski definition) is 1. The van der Waals surface area contributed by atoms with E-state index in [0.717, 1.165) is 11.1 Å². The van der Waals surface area contributed by atoms with E-state index in [-0.39, 0.29) is 11.9 Å². The Labute approximate surface area is 72.6 Å². The van der Waals surface area contributed by atoms with Gasteiger partial charge in [-0.15, -0.1) is 0 Å². The lowest BCUT2D eigenvalue weighted by Crippen LogP contribution is -2.13. The van der Waals surface area contributed by atoms with E-state index in [2.05, 4.69) is 5.32 Å². The highest BCUT2D eigenvalue weighted by Crippen LogP contribution is 2.18. The molecule has 0 amide bonds. The predicted molar refractivity (Wildman–Crippen MR) is 48.6 cm³/mol. The fourth-order valence-corrected chi connectivity index (χ4v) is 1.25. The van der Waals surface area contributed by atoms with Gasteiger partial charge in [-0.3, -0.25) is 0 Å². The average Bonchev–Trinajstić information content (AvgIpc) is 2.08. The topological polar surface area (TPSA) is 12.0 Å². The van der Waals surface area contributed by atoms with E-state index >= 15 is 0 Å². The Morgan fingerprint density at radius 2 is 2.08 bits per heavy atom. The van der Waals surface area contributed by atoms with Crippen LogP contribution in [-0.2, 0) is 0 Å². The summed E-state index contributed by atoms with van der Waals surface area (Å²) in [5.41, 5.74) is 1.76. The molecular weight excluding hydrogens is 153 g/mol. The standard InChI is InChI=1S/C10H14FN/c1-7-9(8(2)12-3)5-4-6-10(7)11/h4-6,8,12H,1-3H3/t8-/m0/s1. The van der Waals surface area contributed by atoms with Crippen molar-refractivity contribution in [2.75, 3.05) is 7.05 Å². The first-order valence-electron chi connectivity index (χ1n) is 4.09. The van der Waals surface area contributed by atoms with E-state index in [1.807, 2.05) is 20.0 Å². The van der Waals surface area contributed by atoms with E-state index in [1.165, 1.54) is 6.07 Å². The Bertz CT molecular complexity index is 271. The van der Waals surface area contributed by atoms with Gasteiger partial charge in [-0.05, 0) is 38.1 Å². The van der Waals surface area contributed by atoms with Crippen LogP contribution in [-0.4, -0.2) is 7.05 Å². The normalized spacial score (nSPS) is 13.0. The minimum absolute atomic E-state index is 0.130. The minimum atomic E-state index is -0.130. The molecule has 1 N–H and O–H groups in total. The van der Waals surface area contributed by atoms with E-state index in [0.29, 0.717) is 0 Å². The molecule has 0 saturated carbocycles. The first-order chi connectivity index (χ1) is 5.66. The van der Waals surface area contributed by atoms with Gasteiger partial charge in [0.25, 0.3) is 0 Å². The third-order valence-electron chi connectivity index (χ3n) is 2.21. The number of halogens is 1. The third kappa shape index (κ3) is 1.64. The van der Waals surface area contributed by atoms with Gasteiger partial charge in [0, 0.05) is 6.04 Å². The molecule has 1 rings (SSSR count). The van der Waals surface area contributed by atoms with Crippen LogP contribution in [0.3, 0.4) is 0 Å². The Balaban J connectivity index is 3.07. The van der Waals surface area contributed by atoms with Gasteiger partial charge >= 0.3 is 0 Å². The molecule has 1 atom stereocenters. The zero-order chi connectivity index (χ0) is 9.14. The van der Waals surface area contributed by atoms with Crippen molar-refractivity contribution in [2.45, 2.75) is 19.9 Å². The summed E-state index contributed by atoms with van der Waals surface area (Å²) >= 11 is 0. The zero-order valence-corrected chi connectivity index (χ0v) is 7.69. The predicted octanol–water partition coefficient (Wildman–Crippen LogP) is 2.41. The van der Waals surface area contributed by atoms with Crippen molar-refractivity contribution in [3.8, 4) is 0 Å². The molecule has 12 heavy (non-hydrogen) atoms. The molecule has 0 heterocycles. The van der Waals surface area contributed by atoms with E-state index < -0.39 is 0 Å². The van der Waals surface area contributed by atoms with Crippen molar-refractivity contribution in [3.63, 3.8) is 0 Å². The van der Waals surface area contributed by atoms with Crippen molar-refractivity contribution in [3.05, 3.63) is 35.1 Å². The summed E-state index contributed by atoms with van der Waals surface area (Å²) in [6.45, 7) is 3.82. The third-order valence-corrected chi connectivity index (χ3v) is 2.21. The minimum Gasteiger partial charge on any atom is -0.313 e. The molecule has 0 bridgehead atoms. The number of benzene rings is 1. The summed E-state index contributed by atoms with van der Waals surface area (Å²) in [6.07, 6.45) is 0. The molecule has 1 nitrogen and oxygen atoms in total. The molecule has 1 aromatic rings. The van der Waals surface area contributed by atoms with E-state index in [9.17, 15) is 4.39 Å². The van der Waals surface area contributed by atoms with Crippen LogP contribution < -0.4 is 5.32 Å². The van der Waals surface area contributed by atoms with Gasteiger partial charge in [0.1, 0.15) is 5.82 Å². The van der Waals surface area contributed by atoms with Gasteiger partial charge in [0.15, 0.2) is 0 Å². The van der Waals surface area contributed by atoms with Crippen molar-refractivity contribution in [1.29, 1.82) is 0 Å². The van der Waals surface area contributed by atoms with Gasteiger partial charge in [0.05, 0.1) is 0 Å². The highest BCUT2D eigenvalue weighted by molar-refractivity contribution is 5.29. The van der Waals surface area contributed by atoms with Crippen molar-refractivity contribution in [2.24, 2.45) is 0 Å². The van der Waals surface area contributed by atoms with Gasteiger partial charge in [-0.25, -0.2) is 4.39 Å². The second-order valence-electron chi connectivity index (χ2n) is 2.96. The average molecular weight is 167 g/mol. The molecule has 0 aliphatic heterocycles. The van der Waals surface area contributed by atoms with Crippen LogP contribution in [0.5, 0.6) is 0 Å². The summed E-state index contributed by atoms with van der Waals surface area (Å²) < 4.78 is 13.0. The molecule has 0 saturated heterocycles. The van der Waals surface area contributed by atoms with Crippen molar-refractivity contribution >= 4 is 0 Å². The second-order valence-corrected chi connectivity index (χ2v) is 2.96. The largest absolute Gasteiger partial charge is 0.313 e. The van der Waals surface area contributed by atoms with Gasteiger partial charge < -0.3 is 5.32 Å². The Kier molecular flexibility index (Phi) is 2.82. The highest BCUT2D eigenvalue weighted by atomic mass is 19.1. The monoisotopic (exact) mass is 167 g/mol. The molecule has 1 aromatic carbocycles. The zero-order valence-electron chi connectivity index (χ0n) is 7.69. The van der Waals surface area contributed by atoms with Gasteiger partial charge in [0.2, 0.25) is 0 Å². The maximum absolute atomic E-state index is 13.0. The molecule has 0 unspecified atom stereocenters. The molecule has 0 aromatic heterocycles. The molecule has 0 radical (unpaired) electrons. The van der Waals surface area contributed by atoms with E-state index in [1.54, 1.807) is 13.0 Å². The van der Waals surface area contributed by atoms with Crippen LogP contribution in [0, 0.1) is 12.7 Å². The molecule has 66 valence electrons. The van der Waals surface area contributed by atoms with Crippen LogP contribution in [0.1, 0.15) is 24.1 Å². The lowest BCUT2D eigenvalue weighted by atomic mass is 10.0. The highest BCUT2D eigenvalue weighted by Gasteiger charge is 2.07. The Morgan fingerprint density at radius 1 is 1.42 bits per heavy atom. The van der Waals surface area contributed by atoms with Gasteiger partial charge in [-0.2, -0.15) is 0 Å². The Morgan fingerprint density at radius 3 is 2.67 bits per heavy atom. The van der Waals surface area contributed by atoms with E-state index in [4.69, 9.17) is 0 Å². The second kappa shape index (κ2) is 3.68. The van der Waals surface area contributed by atoms with Crippen LogP contribution in [0.25, 0.3) is 0 Å². The van der Waals surface area contributed by atoms with Crippen LogP contribution >= 0.6 is 0 Å². The Hall–Kier alpha value is -0.890. The summed E-state index contributed by atoms with van der Waals surface area (Å²) in [5.74, 6) is -0.130. The molecule has 0 spiro atoms. The van der Waals surface area contributed by atoms with Crippen LogP contribution in [0.2, 0.25) is 0 Å². The maximum atomic E-state index is 13.0. The molecule has 2 heteroatoms. The summed E-state index contributed by atoms with van der Waals surface area (Å²) in [4.78, 5) is 0. The molecule has 0 fully saturated rings. The lowest BCUT2D eigenvalue weighted by Gasteiger charge is -2.13. The number of rotatable bonds is 2. The van der Waals surface area contributed by atoms with Crippen LogP contribution in [0.15, 0.2) is 18.2 Å². The fourth-order valence-electron chi connectivity index (χ4n) is 1.25. The first kappa shape index (κ1) is 9.20.